The van der Waals surface area contributed by atoms with E-state index >= 15 is 0 Å². The van der Waals surface area contributed by atoms with Gasteiger partial charge in [0.05, 0.1) is 30.4 Å². The van der Waals surface area contributed by atoms with Crippen LogP contribution >= 0.6 is 0 Å². The zero-order chi connectivity index (χ0) is 21.1. The molecule has 8 nitrogen and oxygen atoms in total. The van der Waals surface area contributed by atoms with Crippen molar-refractivity contribution < 1.29 is 9.53 Å². The molecule has 2 aromatic rings. The Bertz CT molecular complexity index is 951. The summed E-state index contributed by atoms with van der Waals surface area (Å²) in [6.07, 6.45) is 3.29. The van der Waals surface area contributed by atoms with Gasteiger partial charge in [-0.2, -0.15) is 0 Å². The van der Waals surface area contributed by atoms with E-state index in [9.17, 15) is 9.59 Å². The van der Waals surface area contributed by atoms with Crippen molar-refractivity contribution in [2.24, 2.45) is 5.92 Å². The molecule has 1 atom stereocenters. The maximum absolute atomic E-state index is 12.6. The summed E-state index contributed by atoms with van der Waals surface area (Å²) in [5.41, 5.74) is 1.83. The van der Waals surface area contributed by atoms with Gasteiger partial charge in [-0.25, -0.2) is 4.98 Å². The first-order valence-electron chi connectivity index (χ1n) is 10.7. The Balaban J connectivity index is 1.37. The van der Waals surface area contributed by atoms with E-state index in [1.807, 2.05) is 30.1 Å². The van der Waals surface area contributed by atoms with E-state index < -0.39 is 0 Å². The third-order valence-corrected chi connectivity index (χ3v) is 6.32. The first kappa shape index (κ1) is 20.8. The summed E-state index contributed by atoms with van der Waals surface area (Å²) in [5.74, 6) is 0.843. The molecule has 0 spiro atoms. The SMILES string of the molecule is COCCn1cnc2cc(N3CCN(CC4CCC(=O)N(C)C4)CC3)ccc2c1=O. The fourth-order valence-corrected chi connectivity index (χ4v) is 4.49. The Morgan fingerprint density at radius 2 is 1.97 bits per heavy atom. The third-order valence-electron chi connectivity index (χ3n) is 6.32. The number of carbonyl (C=O) groups excluding carboxylic acids is 1. The molecule has 1 amide bonds. The summed E-state index contributed by atoms with van der Waals surface area (Å²) in [6.45, 7) is 6.87. The Morgan fingerprint density at radius 3 is 2.70 bits per heavy atom. The minimum atomic E-state index is -0.0237. The largest absolute Gasteiger partial charge is 0.383 e. The van der Waals surface area contributed by atoms with Crippen LogP contribution in [0.4, 0.5) is 5.69 Å². The molecular formula is C22H31N5O3. The standard InChI is InChI=1S/C22H31N5O3/c1-24-14-17(3-6-21(24)28)15-25-7-9-26(10-8-25)18-4-5-19-20(13-18)23-16-27(22(19)29)11-12-30-2/h4-5,13,16-17H,3,6-12,14-15H2,1-2H3. The van der Waals surface area contributed by atoms with Crippen LogP contribution in [0.2, 0.25) is 0 Å². The molecule has 1 aromatic carbocycles. The number of nitrogens with zero attached hydrogens (tertiary/aromatic N) is 5. The van der Waals surface area contributed by atoms with E-state index in [1.54, 1.807) is 18.0 Å². The zero-order valence-corrected chi connectivity index (χ0v) is 17.9. The molecule has 2 saturated heterocycles. The predicted molar refractivity (Wildman–Crippen MR) is 117 cm³/mol. The van der Waals surface area contributed by atoms with Gasteiger partial charge in [0.2, 0.25) is 5.91 Å². The smallest absolute Gasteiger partial charge is 0.261 e. The van der Waals surface area contributed by atoms with Crippen LogP contribution in [0.5, 0.6) is 0 Å². The lowest BCUT2D eigenvalue weighted by atomic mass is 9.97. The van der Waals surface area contributed by atoms with E-state index in [-0.39, 0.29) is 11.5 Å². The molecule has 1 unspecified atom stereocenters. The van der Waals surface area contributed by atoms with Crippen molar-refractivity contribution in [1.29, 1.82) is 0 Å². The zero-order valence-electron chi connectivity index (χ0n) is 17.9. The highest BCUT2D eigenvalue weighted by molar-refractivity contribution is 5.81. The first-order valence-corrected chi connectivity index (χ1v) is 10.7. The van der Waals surface area contributed by atoms with Gasteiger partial charge in [-0.15, -0.1) is 0 Å². The Labute approximate surface area is 177 Å². The number of hydrogen-bond donors (Lipinski definition) is 0. The molecule has 2 aliphatic heterocycles. The Morgan fingerprint density at radius 1 is 1.17 bits per heavy atom. The molecular weight excluding hydrogens is 382 g/mol. The van der Waals surface area contributed by atoms with Gasteiger partial charge in [-0.1, -0.05) is 0 Å². The van der Waals surface area contributed by atoms with Crippen LogP contribution in [0.1, 0.15) is 12.8 Å². The number of benzene rings is 1. The number of piperidine rings is 1. The van der Waals surface area contributed by atoms with Crippen LogP contribution in [0.3, 0.4) is 0 Å². The van der Waals surface area contributed by atoms with Crippen molar-refractivity contribution in [2.75, 3.05) is 64.9 Å². The predicted octanol–water partition coefficient (Wildman–Crippen LogP) is 1.03. The molecule has 2 aliphatic rings. The highest BCUT2D eigenvalue weighted by Crippen LogP contribution is 2.22. The van der Waals surface area contributed by atoms with Crippen molar-refractivity contribution >= 4 is 22.5 Å². The quantitative estimate of drug-likeness (QED) is 0.705. The van der Waals surface area contributed by atoms with Crippen LogP contribution in [-0.2, 0) is 16.1 Å². The van der Waals surface area contributed by atoms with E-state index in [0.717, 1.165) is 56.9 Å². The first-order chi connectivity index (χ1) is 14.5. The average molecular weight is 414 g/mol. The number of anilines is 1. The van der Waals surface area contributed by atoms with Gasteiger partial charge in [0.15, 0.2) is 0 Å². The fraction of sp³-hybridized carbons (Fsp3) is 0.591. The van der Waals surface area contributed by atoms with Crippen LogP contribution in [0.25, 0.3) is 10.9 Å². The second kappa shape index (κ2) is 9.14. The average Bonchev–Trinajstić information content (AvgIpc) is 2.76. The van der Waals surface area contributed by atoms with Gasteiger partial charge in [0, 0.05) is 65.5 Å². The maximum Gasteiger partial charge on any atom is 0.261 e. The van der Waals surface area contributed by atoms with E-state index in [2.05, 4.69) is 14.8 Å². The number of carbonyl (C=O) groups is 1. The van der Waals surface area contributed by atoms with Gasteiger partial charge in [0.25, 0.3) is 5.56 Å². The number of rotatable bonds is 6. The summed E-state index contributed by atoms with van der Waals surface area (Å²) >= 11 is 0. The second-order valence-electron chi connectivity index (χ2n) is 8.40. The number of hydrogen-bond acceptors (Lipinski definition) is 6. The lowest BCUT2D eigenvalue weighted by Crippen LogP contribution is -2.49. The number of fused-ring (bicyclic) bond motifs is 1. The van der Waals surface area contributed by atoms with Crippen molar-refractivity contribution in [1.82, 2.24) is 19.4 Å². The normalized spacial score (nSPS) is 20.9. The minimum Gasteiger partial charge on any atom is -0.383 e. The Kier molecular flexibility index (Phi) is 6.34. The van der Waals surface area contributed by atoms with Crippen molar-refractivity contribution in [2.45, 2.75) is 19.4 Å². The number of aromatic nitrogens is 2. The molecule has 0 N–H and O–H groups in total. The van der Waals surface area contributed by atoms with Crippen molar-refractivity contribution in [3.8, 4) is 0 Å². The molecule has 4 rings (SSSR count). The van der Waals surface area contributed by atoms with E-state index in [0.29, 0.717) is 30.9 Å². The van der Waals surface area contributed by atoms with Gasteiger partial charge in [-0.3, -0.25) is 19.1 Å². The van der Waals surface area contributed by atoms with Gasteiger partial charge < -0.3 is 14.5 Å². The minimum absolute atomic E-state index is 0.0237. The number of amides is 1. The summed E-state index contributed by atoms with van der Waals surface area (Å²) in [7, 11) is 3.53. The number of likely N-dealkylation sites (tertiary alicyclic amines) is 1. The number of piperazine rings is 1. The van der Waals surface area contributed by atoms with E-state index in [4.69, 9.17) is 4.74 Å². The van der Waals surface area contributed by atoms with Gasteiger partial charge in [0.1, 0.15) is 0 Å². The molecule has 0 radical (unpaired) electrons. The van der Waals surface area contributed by atoms with Gasteiger partial charge in [-0.05, 0) is 30.5 Å². The van der Waals surface area contributed by atoms with Crippen LogP contribution in [0.15, 0.2) is 29.3 Å². The molecule has 0 aliphatic carbocycles. The lowest BCUT2D eigenvalue weighted by Gasteiger charge is -2.39. The van der Waals surface area contributed by atoms with Crippen molar-refractivity contribution in [3.05, 3.63) is 34.9 Å². The molecule has 30 heavy (non-hydrogen) atoms. The third kappa shape index (κ3) is 4.49. The van der Waals surface area contributed by atoms with E-state index in [1.165, 1.54) is 0 Å². The van der Waals surface area contributed by atoms with Crippen LogP contribution in [0, 0.1) is 5.92 Å². The van der Waals surface area contributed by atoms with Crippen molar-refractivity contribution in [3.63, 3.8) is 0 Å². The highest BCUT2D eigenvalue weighted by Gasteiger charge is 2.26. The van der Waals surface area contributed by atoms with Crippen LogP contribution < -0.4 is 10.5 Å². The maximum atomic E-state index is 12.6. The lowest BCUT2D eigenvalue weighted by molar-refractivity contribution is -0.133. The molecule has 162 valence electrons. The highest BCUT2D eigenvalue weighted by atomic mass is 16.5. The molecule has 0 saturated carbocycles. The number of methoxy groups -OCH3 is 1. The molecule has 0 bridgehead atoms. The molecule has 3 heterocycles. The summed E-state index contributed by atoms with van der Waals surface area (Å²) in [5, 5.41) is 0.645. The summed E-state index contributed by atoms with van der Waals surface area (Å²) < 4.78 is 6.66. The second-order valence-corrected chi connectivity index (χ2v) is 8.40. The molecule has 1 aromatic heterocycles. The molecule has 2 fully saturated rings. The van der Waals surface area contributed by atoms with Crippen LogP contribution in [-0.4, -0.2) is 85.3 Å². The molecule has 8 heteroatoms. The topological polar surface area (TPSA) is 70.9 Å². The monoisotopic (exact) mass is 413 g/mol. The summed E-state index contributed by atoms with van der Waals surface area (Å²) in [4.78, 5) is 35.5. The Hall–Kier alpha value is -2.45. The van der Waals surface area contributed by atoms with Gasteiger partial charge >= 0.3 is 0 Å². The summed E-state index contributed by atoms with van der Waals surface area (Å²) in [6, 6.07) is 5.95. The number of ether oxygens (including phenoxy) is 1. The fourth-order valence-electron chi connectivity index (χ4n) is 4.49.